The molecule has 3 N–H and O–H groups in total. The van der Waals surface area contributed by atoms with Crippen molar-refractivity contribution in [1.29, 1.82) is 0 Å². The van der Waals surface area contributed by atoms with Gasteiger partial charge in [0.15, 0.2) is 5.71 Å². The van der Waals surface area contributed by atoms with E-state index in [2.05, 4.69) is 5.32 Å². The molecule has 14 nitrogen and oxygen atoms in total. The molecule has 0 aromatic carbocycles. The summed E-state index contributed by atoms with van der Waals surface area (Å²) >= 11 is 1.63. The van der Waals surface area contributed by atoms with Crippen molar-refractivity contribution in [3.8, 4) is 0 Å². The van der Waals surface area contributed by atoms with Crippen molar-refractivity contribution in [3.63, 3.8) is 0 Å². The normalized spacial score (nSPS) is 23.3. The summed E-state index contributed by atoms with van der Waals surface area (Å²) in [5.41, 5.74) is 2.18. The summed E-state index contributed by atoms with van der Waals surface area (Å²) in [4.78, 5) is 59.5. The third kappa shape index (κ3) is 13.0. The molecule has 1 radical (unpaired) electrons. The number of hydrogen-bond donors (Lipinski definition) is 2. The first-order valence-corrected chi connectivity index (χ1v) is 14.9. The number of carboxylic acids is 3. The predicted octanol–water partition coefficient (Wildman–Crippen LogP) is -9.39. The zero-order valence-electron chi connectivity index (χ0n) is 24.4. The van der Waals surface area contributed by atoms with Gasteiger partial charge in [-0.05, 0) is 18.2 Å². The smallest absolute Gasteiger partial charge is 1.00 e. The van der Waals surface area contributed by atoms with E-state index < -0.39 is 17.9 Å². The average Bonchev–Trinajstić information content (AvgIpc) is 2.92. The van der Waals surface area contributed by atoms with Gasteiger partial charge in [-0.3, -0.25) is 34.8 Å². The minimum atomic E-state index is -1.29. The van der Waals surface area contributed by atoms with E-state index >= 15 is 0 Å². The fraction of sp³-hybridized carbons (Fsp3) is 0.500. The van der Waals surface area contributed by atoms with Gasteiger partial charge in [-0.2, -0.15) is 0 Å². The molecule has 45 heavy (non-hydrogen) atoms. The number of carbonyl (C=O) groups excluding carboxylic acids is 4. The number of nitrogens with zero attached hydrogens (tertiary/aromatic N) is 5. The predicted molar refractivity (Wildman–Crippen MR) is 153 cm³/mol. The number of nitrogens with one attached hydrogen (secondary N) is 1. The molecule has 0 saturated carbocycles. The largest absolute Gasteiger partial charge is 3.00 e. The molecule has 4 rings (SSSR count). The van der Waals surface area contributed by atoms with Gasteiger partial charge < -0.3 is 47.4 Å². The molecule has 1 amide bonds. The average molecular weight is 806 g/mol. The molecule has 0 bridgehead atoms. The second kappa shape index (κ2) is 19.0. The minimum absolute atomic E-state index is 0. The third-order valence-electron chi connectivity index (χ3n) is 7.33. The molecule has 2 atom stereocenters. The van der Waals surface area contributed by atoms with E-state index in [1.54, 1.807) is 26.5 Å². The van der Waals surface area contributed by atoms with Gasteiger partial charge in [-0.15, -0.1) is 11.8 Å². The van der Waals surface area contributed by atoms with Gasteiger partial charge in [-0.25, -0.2) is 0 Å². The van der Waals surface area contributed by atoms with E-state index in [9.17, 15) is 34.5 Å². The SMILES string of the molecule is [Cl-].[Gd+3].[NH2+]=C1C=CC2=NC3C=CC(NC(=O)CN4CCN(CC(=O)[O-])CCN(CC(=O)[O-])CCN(CC(=O)[O-])CC4)=CC3SC2=C1. The van der Waals surface area contributed by atoms with Crippen LogP contribution in [0, 0.1) is 39.9 Å². The number of halogens is 1. The van der Waals surface area contributed by atoms with E-state index in [1.165, 1.54) is 0 Å². The summed E-state index contributed by atoms with van der Waals surface area (Å²) in [7, 11) is 0. The van der Waals surface area contributed by atoms with Crippen molar-refractivity contribution >= 4 is 47.0 Å². The van der Waals surface area contributed by atoms with Gasteiger partial charge in [0.25, 0.3) is 0 Å². The number of aliphatic imine (C=N–C) groups is 1. The Labute approximate surface area is 303 Å². The monoisotopic (exact) mass is 806 g/mol. The number of carboxylic acid groups (broad SMARTS) is 3. The van der Waals surface area contributed by atoms with Gasteiger partial charge >= 0.3 is 39.9 Å². The Hall–Kier alpha value is -2.02. The molecule has 0 aromatic heterocycles. The van der Waals surface area contributed by atoms with Crippen LogP contribution in [0.1, 0.15) is 0 Å². The van der Waals surface area contributed by atoms with Crippen LogP contribution in [0.5, 0.6) is 0 Å². The maximum absolute atomic E-state index is 13.1. The van der Waals surface area contributed by atoms with Gasteiger partial charge in [0.05, 0.1) is 41.5 Å². The van der Waals surface area contributed by atoms with Crippen LogP contribution >= 0.6 is 11.8 Å². The molecule has 2 heterocycles. The molecular formula is C28H35ClGdN7O7S. The molecule has 0 aromatic rings. The van der Waals surface area contributed by atoms with Crippen LogP contribution in [0.15, 0.2) is 52.1 Å². The second-order valence-corrected chi connectivity index (χ2v) is 11.9. The van der Waals surface area contributed by atoms with Crippen LogP contribution in [0.2, 0.25) is 0 Å². The first-order valence-electron chi connectivity index (χ1n) is 14.0. The van der Waals surface area contributed by atoms with Crippen LogP contribution < -0.4 is 38.5 Å². The van der Waals surface area contributed by atoms with Crippen LogP contribution in [0.25, 0.3) is 0 Å². The minimum Gasteiger partial charge on any atom is -1.00 e. The topological polar surface area (TPSA) is 200 Å². The first-order chi connectivity index (χ1) is 20.5. The number of nitrogens with two attached hydrogens (primary N) is 1. The van der Waals surface area contributed by atoms with Crippen LogP contribution in [0.3, 0.4) is 0 Å². The first kappa shape index (κ1) is 39.2. The molecule has 245 valence electrons. The molecule has 2 aliphatic carbocycles. The number of fused-ring (bicyclic) bond motifs is 2. The van der Waals surface area contributed by atoms with Gasteiger partial charge in [0.1, 0.15) is 0 Å². The Balaban J connectivity index is 0.00000353. The quantitative estimate of drug-likeness (QED) is 0.209. The van der Waals surface area contributed by atoms with Gasteiger partial charge in [0, 0.05) is 94.7 Å². The molecule has 4 aliphatic rings. The molecule has 17 heteroatoms. The van der Waals surface area contributed by atoms with Gasteiger partial charge in [-0.1, -0.05) is 6.08 Å². The molecule has 2 unspecified atom stereocenters. The zero-order chi connectivity index (χ0) is 30.9. The number of allylic oxidation sites excluding steroid dienone is 5. The van der Waals surface area contributed by atoms with Crippen molar-refractivity contribution < 1.29 is 92.3 Å². The zero-order valence-corrected chi connectivity index (χ0v) is 28.3. The van der Waals surface area contributed by atoms with E-state index in [1.807, 2.05) is 41.4 Å². The van der Waals surface area contributed by atoms with Crippen LogP contribution in [-0.4, -0.2) is 145 Å². The van der Waals surface area contributed by atoms with Crippen LogP contribution in [0.4, 0.5) is 0 Å². The summed E-state index contributed by atoms with van der Waals surface area (Å²) in [6.07, 6.45) is 11.3. The maximum Gasteiger partial charge on any atom is 3.00 e. The Morgan fingerprint density at radius 1 is 0.800 bits per heavy atom. The molecule has 2 aliphatic heterocycles. The second-order valence-electron chi connectivity index (χ2n) is 10.7. The Bertz CT molecular complexity index is 1260. The molecule has 0 spiro atoms. The fourth-order valence-corrected chi connectivity index (χ4v) is 6.39. The number of rotatable bonds is 9. The summed E-state index contributed by atoms with van der Waals surface area (Å²) in [6, 6.07) is -0.0658. The molecule has 1 fully saturated rings. The number of amides is 1. The van der Waals surface area contributed by atoms with E-state index in [0.717, 1.165) is 10.6 Å². The maximum atomic E-state index is 13.1. The summed E-state index contributed by atoms with van der Waals surface area (Å²) in [6.45, 7) is 1.01. The Morgan fingerprint density at radius 3 is 1.73 bits per heavy atom. The number of carbonyl (C=O) groups is 4. The van der Waals surface area contributed by atoms with E-state index in [0.29, 0.717) is 24.5 Å². The summed E-state index contributed by atoms with van der Waals surface area (Å²) < 4.78 is 0. The summed E-state index contributed by atoms with van der Waals surface area (Å²) in [5.74, 6) is -4.10. The van der Waals surface area contributed by atoms with Crippen molar-refractivity contribution in [1.82, 2.24) is 24.9 Å². The summed E-state index contributed by atoms with van der Waals surface area (Å²) in [5, 5.41) is 42.8. The van der Waals surface area contributed by atoms with Gasteiger partial charge in [0.2, 0.25) is 5.91 Å². The third-order valence-corrected chi connectivity index (χ3v) is 8.60. The van der Waals surface area contributed by atoms with Crippen molar-refractivity contribution in [3.05, 3.63) is 47.1 Å². The Morgan fingerprint density at radius 2 is 1.27 bits per heavy atom. The van der Waals surface area contributed by atoms with Crippen LogP contribution in [-0.2, 0) is 19.2 Å². The number of hydrogen-bond acceptors (Lipinski definition) is 13. The van der Waals surface area contributed by atoms with Crippen molar-refractivity contribution in [2.75, 3.05) is 78.5 Å². The fourth-order valence-electron chi connectivity index (χ4n) is 5.15. The van der Waals surface area contributed by atoms with E-state index in [-0.39, 0.29) is 135 Å². The number of aliphatic carboxylic acids is 3. The van der Waals surface area contributed by atoms with Crippen molar-refractivity contribution in [2.45, 2.75) is 11.3 Å². The molecule has 1 saturated heterocycles. The standard InChI is InChI=1S/C28H37N7O7S.ClH.Gd/c29-19-1-3-21-23(13-19)43-24-14-20(2-4-22(24)31-21)30-25(36)15-32-5-7-33(16-26(37)38)9-11-35(18-28(41)42)12-10-34(8-6-32)17-27(39)40;;/h1-4,13-14,22,24,29H,5-12,15-18H2,(H,30,36)(H,37,38)(H,39,40)(H,41,42);1H;/q;;+3/p-3. The Kier molecular flexibility index (Phi) is 16.5. The number of thioether (sulfide) groups is 1. The van der Waals surface area contributed by atoms with Crippen molar-refractivity contribution in [2.24, 2.45) is 4.99 Å². The molecular weight excluding hydrogens is 771 g/mol. The van der Waals surface area contributed by atoms with E-state index in [4.69, 9.17) is 10.4 Å².